The molecule has 0 aliphatic heterocycles. The quantitative estimate of drug-likeness (QED) is 0.611. The molecule has 5 nitrogen and oxygen atoms in total. The highest BCUT2D eigenvalue weighted by Gasteiger charge is 2.19. The number of rotatable bonds is 4. The van der Waals surface area contributed by atoms with Crippen LogP contribution in [0.2, 0.25) is 5.02 Å². The molecule has 2 rings (SSSR count). The van der Waals surface area contributed by atoms with Gasteiger partial charge in [0, 0.05) is 21.8 Å². The lowest BCUT2D eigenvalue weighted by Gasteiger charge is -2.11. The average Bonchev–Trinajstić information content (AvgIpc) is 2.45. The summed E-state index contributed by atoms with van der Waals surface area (Å²) in [5.74, 6) is -0.340. The Kier molecular flexibility index (Phi) is 4.95. The summed E-state index contributed by atoms with van der Waals surface area (Å²) in [6, 6.07) is 10.0. The monoisotopic (exact) mass is 360 g/mol. The fourth-order valence-corrected chi connectivity index (χ4v) is 2.62. The van der Waals surface area contributed by atoms with Gasteiger partial charge in [0.1, 0.15) is 17.1 Å². The maximum atomic E-state index is 11.7. The molecule has 0 saturated heterocycles. The SMILES string of the molecule is COC(=O)c1ccc(S(=O)(=O)Cl)cc1Oc1cccc(Cl)c1. The maximum Gasteiger partial charge on any atom is 0.341 e. The number of carbonyl (C=O) groups excluding carboxylic acids is 1. The third-order valence-corrected chi connectivity index (χ3v) is 4.25. The predicted molar refractivity (Wildman–Crippen MR) is 82.3 cm³/mol. The summed E-state index contributed by atoms with van der Waals surface area (Å²) >= 11 is 5.86. The standard InChI is InChI=1S/C14H10Cl2O5S/c1-20-14(17)12-6-5-11(22(16,18)19)8-13(12)21-10-4-2-3-9(15)7-10/h2-8H,1H3. The van der Waals surface area contributed by atoms with Gasteiger partial charge in [-0.3, -0.25) is 0 Å². The van der Waals surface area contributed by atoms with E-state index in [0.717, 1.165) is 6.07 Å². The Balaban J connectivity index is 2.52. The molecule has 8 heteroatoms. The van der Waals surface area contributed by atoms with E-state index in [4.69, 9.17) is 27.0 Å². The second-order valence-corrected chi connectivity index (χ2v) is 7.15. The van der Waals surface area contributed by atoms with Gasteiger partial charge in [-0.25, -0.2) is 13.2 Å². The van der Waals surface area contributed by atoms with Crippen LogP contribution in [-0.4, -0.2) is 21.5 Å². The first-order valence-corrected chi connectivity index (χ1v) is 8.60. The number of benzene rings is 2. The van der Waals surface area contributed by atoms with Crippen LogP contribution in [0.15, 0.2) is 47.4 Å². The molecule has 0 spiro atoms. The van der Waals surface area contributed by atoms with E-state index in [0.29, 0.717) is 10.8 Å². The van der Waals surface area contributed by atoms with E-state index in [9.17, 15) is 13.2 Å². The fourth-order valence-electron chi connectivity index (χ4n) is 1.67. The molecular weight excluding hydrogens is 351 g/mol. The lowest BCUT2D eigenvalue weighted by atomic mass is 10.2. The molecule has 0 N–H and O–H groups in total. The Labute approximate surface area is 136 Å². The molecule has 0 saturated carbocycles. The molecule has 116 valence electrons. The molecule has 22 heavy (non-hydrogen) atoms. The van der Waals surface area contributed by atoms with Crippen LogP contribution in [0.3, 0.4) is 0 Å². The van der Waals surface area contributed by atoms with Gasteiger partial charge in [-0.15, -0.1) is 0 Å². The van der Waals surface area contributed by atoms with E-state index < -0.39 is 15.0 Å². The van der Waals surface area contributed by atoms with Crippen LogP contribution in [0.25, 0.3) is 0 Å². The third kappa shape index (κ3) is 3.91. The van der Waals surface area contributed by atoms with Crippen LogP contribution >= 0.6 is 22.3 Å². The molecule has 0 atom stereocenters. The number of halogens is 2. The van der Waals surface area contributed by atoms with Crippen molar-refractivity contribution in [3.05, 3.63) is 53.1 Å². The minimum absolute atomic E-state index is 0.00385. The van der Waals surface area contributed by atoms with Crippen molar-refractivity contribution in [3.63, 3.8) is 0 Å². The van der Waals surface area contributed by atoms with Crippen molar-refractivity contribution in [2.45, 2.75) is 4.90 Å². The number of esters is 1. The second-order valence-electron chi connectivity index (χ2n) is 4.15. The Morgan fingerprint density at radius 3 is 2.45 bits per heavy atom. The topological polar surface area (TPSA) is 69.7 Å². The number of carbonyl (C=O) groups is 1. The van der Waals surface area contributed by atoms with Gasteiger partial charge in [-0.1, -0.05) is 17.7 Å². The lowest BCUT2D eigenvalue weighted by molar-refractivity contribution is 0.0598. The summed E-state index contributed by atoms with van der Waals surface area (Å²) in [6.07, 6.45) is 0. The summed E-state index contributed by atoms with van der Waals surface area (Å²) in [5.41, 5.74) is 0.0616. The van der Waals surface area contributed by atoms with Crippen molar-refractivity contribution >= 4 is 37.3 Å². The molecule has 0 bridgehead atoms. The largest absolute Gasteiger partial charge is 0.465 e. The zero-order valence-corrected chi connectivity index (χ0v) is 13.6. The van der Waals surface area contributed by atoms with Crippen molar-refractivity contribution in [2.75, 3.05) is 7.11 Å². The third-order valence-electron chi connectivity index (χ3n) is 2.66. The Morgan fingerprint density at radius 2 is 1.86 bits per heavy atom. The summed E-state index contributed by atoms with van der Waals surface area (Å²) in [6.45, 7) is 0. The molecule has 0 fully saturated rings. The van der Waals surface area contributed by atoms with Crippen LogP contribution in [0.4, 0.5) is 0 Å². The summed E-state index contributed by atoms with van der Waals surface area (Å²) < 4.78 is 33.0. The molecule has 0 amide bonds. The molecule has 0 aliphatic rings. The van der Waals surface area contributed by atoms with Gasteiger partial charge in [0.25, 0.3) is 9.05 Å². The Morgan fingerprint density at radius 1 is 1.14 bits per heavy atom. The van der Waals surface area contributed by atoms with Gasteiger partial charge in [-0.2, -0.15) is 0 Å². The van der Waals surface area contributed by atoms with Crippen molar-refractivity contribution in [1.82, 2.24) is 0 Å². The van der Waals surface area contributed by atoms with Crippen molar-refractivity contribution < 1.29 is 22.7 Å². The highest BCUT2D eigenvalue weighted by Crippen LogP contribution is 2.31. The van der Waals surface area contributed by atoms with Crippen molar-refractivity contribution in [2.24, 2.45) is 0 Å². The molecule has 0 unspecified atom stereocenters. The van der Waals surface area contributed by atoms with E-state index in [1.807, 2.05) is 0 Å². The van der Waals surface area contributed by atoms with Gasteiger partial charge in [0.15, 0.2) is 0 Å². The van der Waals surface area contributed by atoms with E-state index in [1.54, 1.807) is 18.2 Å². The van der Waals surface area contributed by atoms with E-state index in [-0.39, 0.29) is 16.2 Å². The van der Waals surface area contributed by atoms with Crippen LogP contribution in [-0.2, 0) is 13.8 Å². The number of ether oxygens (including phenoxy) is 2. The highest BCUT2D eigenvalue weighted by atomic mass is 35.7. The van der Waals surface area contributed by atoms with E-state index >= 15 is 0 Å². The zero-order valence-electron chi connectivity index (χ0n) is 11.2. The smallest absolute Gasteiger partial charge is 0.341 e. The summed E-state index contributed by atoms with van der Waals surface area (Å²) in [5, 5.41) is 0.429. The van der Waals surface area contributed by atoms with Crippen LogP contribution in [0, 0.1) is 0 Å². The molecule has 0 heterocycles. The summed E-state index contributed by atoms with van der Waals surface area (Å²) in [4.78, 5) is 11.5. The van der Waals surface area contributed by atoms with Gasteiger partial charge in [0.05, 0.1) is 12.0 Å². The van der Waals surface area contributed by atoms with Gasteiger partial charge >= 0.3 is 5.97 Å². The molecule has 2 aromatic carbocycles. The highest BCUT2D eigenvalue weighted by molar-refractivity contribution is 8.13. The maximum absolute atomic E-state index is 11.7. The number of hydrogen-bond donors (Lipinski definition) is 0. The van der Waals surface area contributed by atoms with Crippen molar-refractivity contribution in [3.8, 4) is 11.5 Å². The molecule has 0 radical (unpaired) electrons. The molecule has 0 aliphatic carbocycles. The van der Waals surface area contributed by atoms with Gasteiger partial charge in [-0.05, 0) is 30.3 Å². The first-order chi connectivity index (χ1) is 10.3. The first kappa shape index (κ1) is 16.6. The Hall–Kier alpha value is -1.76. The minimum Gasteiger partial charge on any atom is -0.465 e. The van der Waals surface area contributed by atoms with Crippen LogP contribution in [0.5, 0.6) is 11.5 Å². The number of methoxy groups -OCH3 is 1. The lowest BCUT2D eigenvalue weighted by Crippen LogP contribution is -2.05. The van der Waals surface area contributed by atoms with E-state index in [1.165, 1.54) is 25.3 Å². The minimum atomic E-state index is -3.96. The number of hydrogen-bond acceptors (Lipinski definition) is 5. The van der Waals surface area contributed by atoms with Gasteiger partial charge < -0.3 is 9.47 Å². The summed E-state index contributed by atoms with van der Waals surface area (Å²) in [7, 11) is 2.55. The van der Waals surface area contributed by atoms with E-state index in [2.05, 4.69) is 4.74 Å². The first-order valence-electron chi connectivity index (χ1n) is 5.91. The second kappa shape index (κ2) is 6.56. The zero-order chi connectivity index (χ0) is 16.3. The van der Waals surface area contributed by atoms with Crippen molar-refractivity contribution in [1.29, 1.82) is 0 Å². The van der Waals surface area contributed by atoms with Gasteiger partial charge in [0.2, 0.25) is 0 Å². The molecular formula is C14H10Cl2O5S. The van der Waals surface area contributed by atoms with Crippen LogP contribution < -0.4 is 4.74 Å². The normalized spacial score (nSPS) is 11.0. The molecule has 2 aromatic rings. The average molecular weight is 361 g/mol. The predicted octanol–water partition coefficient (Wildman–Crippen LogP) is 3.85. The fraction of sp³-hybridized carbons (Fsp3) is 0.0714. The van der Waals surface area contributed by atoms with Crippen LogP contribution in [0.1, 0.15) is 10.4 Å². The Bertz CT molecular complexity index is 818. The molecule has 0 aromatic heterocycles.